The molecule has 2 atom stereocenters. The van der Waals surface area contributed by atoms with E-state index in [1.807, 2.05) is 0 Å². The molecule has 1 rings (SSSR count). The summed E-state index contributed by atoms with van der Waals surface area (Å²) in [7, 11) is 0. The van der Waals surface area contributed by atoms with Crippen LogP contribution in [0.15, 0.2) is 24.3 Å². The molecule has 102 valence electrons. The minimum absolute atomic E-state index is 0.208. The summed E-state index contributed by atoms with van der Waals surface area (Å²) in [5, 5.41) is 0. The van der Waals surface area contributed by atoms with E-state index in [-0.39, 0.29) is 11.5 Å². The Morgan fingerprint density at radius 2 is 1.72 bits per heavy atom. The predicted molar refractivity (Wildman–Crippen MR) is 79.3 cm³/mol. The average Bonchev–Trinajstić information content (AvgIpc) is 2.30. The molecule has 0 bridgehead atoms. The van der Waals surface area contributed by atoms with E-state index in [0.717, 1.165) is 0 Å². The van der Waals surface area contributed by atoms with Crippen molar-refractivity contribution in [3.05, 3.63) is 35.4 Å². The van der Waals surface area contributed by atoms with E-state index in [1.165, 1.54) is 24.0 Å². The quantitative estimate of drug-likeness (QED) is 0.612. The van der Waals surface area contributed by atoms with Gasteiger partial charge in [-0.3, -0.25) is 11.3 Å². The first-order valence-electron chi connectivity index (χ1n) is 6.96. The SMILES string of the molecule is CCCC(C)C(NN)c1ccc(C(C)(C)C)cc1. The topological polar surface area (TPSA) is 38.0 Å². The van der Waals surface area contributed by atoms with Crippen LogP contribution in [0.25, 0.3) is 0 Å². The highest BCUT2D eigenvalue weighted by molar-refractivity contribution is 5.29. The fourth-order valence-electron chi connectivity index (χ4n) is 2.40. The van der Waals surface area contributed by atoms with Crippen molar-refractivity contribution in [1.29, 1.82) is 0 Å². The van der Waals surface area contributed by atoms with Gasteiger partial charge in [0.05, 0.1) is 0 Å². The molecule has 0 aliphatic carbocycles. The lowest BCUT2D eigenvalue weighted by Gasteiger charge is -2.25. The molecule has 0 spiro atoms. The molecule has 2 unspecified atom stereocenters. The summed E-state index contributed by atoms with van der Waals surface area (Å²) in [6.07, 6.45) is 2.38. The molecule has 0 amide bonds. The standard InChI is InChI=1S/C16H28N2/c1-6-7-12(2)15(18-17)13-8-10-14(11-9-13)16(3,4)5/h8-12,15,18H,6-7,17H2,1-5H3. The zero-order valence-corrected chi connectivity index (χ0v) is 12.5. The van der Waals surface area contributed by atoms with Crippen molar-refractivity contribution in [2.45, 2.75) is 58.9 Å². The van der Waals surface area contributed by atoms with Crippen molar-refractivity contribution >= 4 is 0 Å². The average molecular weight is 248 g/mol. The van der Waals surface area contributed by atoms with Gasteiger partial charge in [-0.15, -0.1) is 0 Å². The number of rotatable bonds is 5. The van der Waals surface area contributed by atoms with Gasteiger partial charge >= 0.3 is 0 Å². The smallest absolute Gasteiger partial charge is 0.0485 e. The first-order valence-corrected chi connectivity index (χ1v) is 6.96. The number of nitrogens with two attached hydrogens (primary N) is 1. The molecule has 0 aromatic heterocycles. The molecule has 0 radical (unpaired) electrons. The maximum atomic E-state index is 5.71. The summed E-state index contributed by atoms with van der Waals surface area (Å²) >= 11 is 0. The van der Waals surface area contributed by atoms with Crippen LogP contribution in [0, 0.1) is 5.92 Å². The molecular formula is C16H28N2. The lowest BCUT2D eigenvalue weighted by molar-refractivity contribution is 0.368. The third-order valence-corrected chi connectivity index (χ3v) is 3.63. The van der Waals surface area contributed by atoms with Crippen LogP contribution >= 0.6 is 0 Å². The summed E-state index contributed by atoms with van der Waals surface area (Å²) in [5.74, 6) is 6.27. The van der Waals surface area contributed by atoms with Crippen LogP contribution in [-0.2, 0) is 5.41 Å². The van der Waals surface area contributed by atoms with E-state index >= 15 is 0 Å². The Balaban J connectivity index is 2.88. The fraction of sp³-hybridized carbons (Fsp3) is 0.625. The van der Waals surface area contributed by atoms with Gasteiger partial charge in [-0.25, -0.2) is 0 Å². The Morgan fingerprint density at radius 3 is 2.11 bits per heavy atom. The van der Waals surface area contributed by atoms with Crippen LogP contribution in [0.5, 0.6) is 0 Å². The summed E-state index contributed by atoms with van der Waals surface area (Å²) in [4.78, 5) is 0. The molecule has 0 saturated heterocycles. The number of hydrogen-bond donors (Lipinski definition) is 2. The van der Waals surface area contributed by atoms with Gasteiger partial charge in [0.15, 0.2) is 0 Å². The maximum Gasteiger partial charge on any atom is 0.0485 e. The highest BCUT2D eigenvalue weighted by Gasteiger charge is 2.18. The summed E-state index contributed by atoms with van der Waals surface area (Å²) in [6, 6.07) is 9.10. The molecule has 0 aliphatic heterocycles. The van der Waals surface area contributed by atoms with Crippen molar-refractivity contribution in [3.8, 4) is 0 Å². The zero-order valence-electron chi connectivity index (χ0n) is 12.5. The molecule has 0 aliphatic rings. The van der Waals surface area contributed by atoms with Gasteiger partial charge in [-0.05, 0) is 28.9 Å². The molecule has 1 aromatic carbocycles. The van der Waals surface area contributed by atoms with Crippen molar-refractivity contribution in [2.24, 2.45) is 11.8 Å². The molecule has 2 heteroatoms. The second kappa shape index (κ2) is 6.35. The van der Waals surface area contributed by atoms with E-state index in [4.69, 9.17) is 5.84 Å². The number of nitrogens with one attached hydrogen (secondary N) is 1. The highest BCUT2D eigenvalue weighted by Crippen LogP contribution is 2.28. The van der Waals surface area contributed by atoms with Gasteiger partial charge in [0, 0.05) is 6.04 Å². The van der Waals surface area contributed by atoms with E-state index in [9.17, 15) is 0 Å². The van der Waals surface area contributed by atoms with Crippen LogP contribution in [0.1, 0.15) is 64.6 Å². The summed E-state index contributed by atoms with van der Waals surface area (Å²) in [6.45, 7) is 11.2. The van der Waals surface area contributed by atoms with Crippen molar-refractivity contribution < 1.29 is 0 Å². The predicted octanol–water partition coefficient (Wildman–Crippen LogP) is 3.92. The van der Waals surface area contributed by atoms with Crippen molar-refractivity contribution in [3.63, 3.8) is 0 Å². The third-order valence-electron chi connectivity index (χ3n) is 3.63. The first-order chi connectivity index (χ1) is 8.40. The minimum atomic E-state index is 0.208. The van der Waals surface area contributed by atoms with Gasteiger partial charge < -0.3 is 0 Å². The van der Waals surface area contributed by atoms with Crippen molar-refractivity contribution in [1.82, 2.24) is 5.43 Å². The van der Waals surface area contributed by atoms with Gasteiger partial charge in [0.1, 0.15) is 0 Å². The zero-order chi connectivity index (χ0) is 13.8. The summed E-state index contributed by atoms with van der Waals surface area (Å²) < 4.78 is 0. The molecule has 0 fully saturated rings. The third kappa shape index (κ3) is 3.82. The van der Waals surface area contributed by atoms with E-state index in [0.29, 0.717) is 5.92 Å². The molecular weight excluding hydrogens is 220 g/mol. The lowest BCUT2D eigenvalue weighted by atomic mass is 9.85. The molecule has 0 saturated carbocycles. The summed E-state index contributed by atoms with van der Waals surface area (Å²) in [5.41, 5.74) is 5.82. The monoisotopic (exact) mass is 248 g/mol. The molecule has 18 heavy (non-hydrogen) atoms. The largest absolute Gasteiger partial charge is 0.271 e. The number of hydrazine groups is 1. The number of hydrogen-bond acceptors (Lipinski definition) is 2. The van der Waals surface area contributed by atoms with Gasteiger partial charge in [0.25, 0.3) is 0 Å². The van der Waals surface area contributed by atoms with Crippen LogP contribution in [0.2, 0.25) is 0 Å². The molecule has 1 aromatic rings. The Labute approximate surface area is 112 Å². The Kier molecular flexibility index (Phi) is 5.36. The Bertz CT molecular complexity index is 348. The second-order valence-corrected chi connectivity index (χ2v) is 6.28. The van der Waals surface area contributed by atoms with Gasteiger partial charge in [0.2, 0.25) is 0 Å². The maximum absolute atomic E-state index is 5.71. The van der Waals surface area contributed by atoms with E-state index in [2.05, 4.69) is 64.3 Å². The van der Waals surface area contributed by atoms with E-state index < -0.39 is 0 Å². The normalized spacial score (nSPS) is 15.4. The first kappa shape index (κ1) is 15.2. The van der Waals surface area contributed by atoms with Crippen LogP contribution in [-0.4, -0.2) is 0 Å². The Hall–Kier alpha value is -0.860. The van der Waals surface area contributed by atoms with E-state index in [1.54, 1.807) is 0 Å². The van der Waals surface area contributed by atoms with Crippen LogP contribution in [0.4, 0.5) is 0 Å². The van der Waals surface area contributed by atoms with Crippen LogP contribution < -0.4 is 11.3 Å². The van der Waals surface area contributed by atoms with Crippen LogP contribution in [0.3, 0.4) is 0 Å². The second-order valence-electron chi connectivity index (χ2n) is 6.28. The van der Waals surface area contributed by atoms with Gasteiger partial charge in [-0.2, -0.15) is 0 Å². The lowest BCUT2D eigenvalue weighted by Crippen LogP contribution is -2.32. The fourth-order valence-corrected chi connectivity index (χ4v) is 2.40. The highest BCUT2D eigenvalue weighted by atomic mass is 15.2. The van der Waals surface area contributed by atoms with Crippen molar-refractivity contribution in [2.75, 3.05) is 0 Å². The minimum Gasteiger partial charge on any atom is -0.271 e. The molecule has 0 heterocycles. The van der Waals surface area contributed by atoms with Gasteiger partial charge in [-0.1, -0.05) is 65.3 Å². The molecule has 2 nitrogen and oxygen atoms in total. The Morgan fingerprint density at radius 1 is 1.17 bits per heavy atom. The molecule has 3 N–H and O–H groups in total. The number of benzene rings is 1.